The van der Waals surface area contributed by atoms with Crippen LogP contribution in [-0.4, -0.2) is 29.0 Å². The van der Waals surface area contributed by atoms with Crippen LogP contribution in [0.2, 0.25) is 0 Å². The van der Waals surface area contributed by atoms with E-state index in [1.54, 1.807) is 7.11 Å². The molecule has 0 aliphatic heterocycles. The number of hydrogen-bond acceptors (Lipinski definition) is 3. The zero-order valence-electron chi connectivity index (χ0n) is 10.0. The Labute approximate surface area is 91.6 Å². The van der Waals surface area contributed by atoms with Crippen molar-refractivity contribution in [3.63, 3.8) is 0 Å². The smallest absolute Gasteiger partial charge is 0.0739 e. The average molecular weight is 211 g/mol. The van der Waals surface area contributed by atoms with Gasteiger partial charge in [0.05, 0.1) is 18.8 Å². The molecule has 0 aromatic carbocycles. The highest BCUT2D eigenvalue weighted by Gasteiger charge is 2.03. The SMILES string of the molecule is COC(C)Cn1cc(CNC(C)C)cn1. The number of nitrogens with one attached hydrogen (secondary N) is 1. The van der Waals surface area contributed by atoms with Gasteiger partial charge in [-0.15, -0.1) is 0 Å². The average Bonchev–Trinajstić information content (AvgIpc) is 2.62. The molecule has 0 saturated heterocycles. The molecule has 0 aliphatic carbocycles. The Hall–Kier alpha value is -0.870. The molecule has 0 spiro atoms. The molecular formula is C11H21N3O. The van der Waals surface area contributed by atoms with Gasteiger partial charge in [-0.3, -0.25) is 4.68 Å². The summed E-state index contributed by atoms with van der Waals surface area (Å²) in [6.07, 6.45) is 4.17. The molecule has 4 nitrogen and oxygen atoms in total. The second-order valence-corrected chi connectivity index (χ2v) is 4.15. The Kier molecular flexibility index (Phi) is 4.78. The van der Waals surface area contributed by atoms with E-state index in [4.69, 9.17) is 4.74 Å². The number of hydrogen-bond donors (Lipinski definition) is 1. The minimum atomic E-state index is 0.204. The van der Waals surface area contributed by atoms with E-state index in [1.165, 1.54) is 5.56 Å². The first-order valence-corrected chi connectivity index (χ1v) is 5.39. The molecule has 0 bridgehead atoms. The van der Waals surface area contributed by atoms with Crippen molar-refractivity contribution in [2.75, 3.05) is 7.11 Å². The van der Waals surface area contributed by atoms with Crippen LogP contribution in [-0.2, 0) is 17.8 Å². The van der Waals surface area contributed by atoms with Gasteiger partial charge in [0.2, 0.25) is 0 Å². The number of ether oxygens (including phenoxy) is 1. The molecule has 86 valence electrons. The van der Waals surface area contributed by atoms with Gasteiger partial charge in [0.25, 0.3) is 0 Å². The van der Waals surface area contributed by atoms with Crippen LogP contribution in [0.25, 0.3) is 0 Å². The second kappa shape index (κ2) is 5.88. The van der Waals surface area contributed by atoms with Crippen molar-refractivity contribution < 1.29 is 4.74 Å². The lowest BCUT2D eigenvalue weighted by atomic mass is 10.3. The van der Waals surface area contributed by atoms with Crippen LogP contribution in [0.4, 0.5) is 0 Å². The summed E-state index contributed by atoms with van der Waals surface area (Å²) in [5, 5.41) is 7.64. The lowest BCUT2D eigenvalue weighted by Crippen LogP contribution is -2.21. The topological polar surface area (TPSA) is 39.1 Å². The summed E-state index contributed by atoms with van der Waals surface area (Å²) in [5.41, 5.74) is 1.21. The van der Waals surface area contributed by atoms with Crippen molar-refractivity contribution in [3.8, 4) is 0 Å². The van der Waals surface area contributed by atoms with Crippen LogP contribution in [0, 0.1) is 0 Å². The van der Waals surface area contributed by atoms with Crippen molar-refractivity contribution in [2.24, 2.45) is 0 Å². The lowest BCUT2D eigenvalue weighted by Gasteiger charge is -2.08. The molecule has 1 rings (SSSR count). The van der Waals surface area contributed by atoms with Gasteiger partial charge < -0.3 is 10.1 Å². The Balaban J connectivity index is 2.42. The molecule has 0 saturated carbocycles. The van der Waals surface area contributed by atoms with Crippen molar-refractivity contribution in [1.82, 2.24) is 15.1 Å². The summed E-state index contributed by atoms with van der Waals surface area (Å²) in [7, 11) is 1.72. The van der Waals surface area contributed by atoms with E-state index in [0.717, 1.165) is 13.1 Å². The molecule has 1 unspecified atom stereocenters. The molecular weight excluding hydrogens is 190 g/mol. The molecule has 0 aliphatic rings. The Bertz CT molecular complexity index is 283. The molecule has 1 N–H and O–H groups in total. The molecule has 0 amide bonds. The third-order valence-electron chi connectivity index (χ3n) is 2.25. The van der Waals surface area contributed by atoms with Gasteiger partial charge in [-0.05, 0) is 6.92 Å². The van der Waals surface area contributed by atoms with Crippen LogP contribution in [0.1, 0.15) is 26.3 Å². The molecule has 1 atom stereocenters. The number of nitrogens with zero attached hydrogens (tertiary/aromatic N) is 2. The number of aromatic nitrogens is 2. The Morgan fingerprint density at radius 2 is 2.20 bits per heavy atom. The molecule has 1 heterocycles. The van der Waals surface area contributed by atoms with Crippen LogP contribution in [0.5, 0.6) is 0 Å². The highest BCUT2D eigenvalue weighted by molar-refractivity contribution is 5.03. The van der Waals surface area contributed by atoms with E-state index in [1.807, 2.05) is 17.8 Å². The predicted octanol–water partition coefficient (Wildman–Crippen LogP) is 1.42. The highest BCUT2D eigenvalue weighted by Crippen LogP contribution is 2.00. The summed E-state index contributed by atoms with van der Waals surface area (Å²) in [6, 6.07) is 0.506. The molecule has 0 fully saturated rings. The molecule has 4 heteroatoms. The van der Waals surface area contributed by atoms with E-state index < -0.39 is 0 Å². The van der Waals surface area contributed by atoms with Crippen LogP contribution in [0.3, 0.4) is 0 Å². The third kappa shape index (κ3) is 4.44. The fraction of sp³-hybridized carbons (Fsp3) is 0.727. The Morgan fingerprint density at radius 1 is 1.47 bits per heavy atom. The standard InChI is InChI=1S/C11H21N3O/c1-9(2)12-5-11-6-13-14(8-11)7-10(3)15-4/h6,8-10,12H,5,7H2,1-4H3. The maximum atomic E-state index is 5.19. The summed E-state index contributed by atoms with van der Waals surface area (Å²) >= 11 is 0. The third-order valence-corrected chi connectivity index (χ3v) is 2.25. The van der Waals surface area contributed by atoms with E-state index in [-0.39, 0.29) is 6.10 Å². The van der Waals surface area contributed by atoms with Crippen LogP contribution in [0.15, 0.2) is 12.4 Å². The first kappa shape index (κ1) is 12.2. The molecule has 15 heavy (non-hydrogen) atoms. The van der Waals surface area contributed by atoms with Crippen LogP contribution < -0.4 is 5.32 Å². The zero-order chi connectivity index (χ0) is 11.3. The first-order chi connectivity index (χ1) is 7.11. The van der Waals surface area contributed by atoms with E-state index in [0.29, 0.717) is 6.04 Å². The van der Waals surface area contributed by atoms with E-state index in [2.05, 4.69) is 30.5 Å². The van der Waals surface area contributed by atoms with Gasteiger partial charge in [0, 0.05) is 31.5 Å². The van der Waals surface area contributed by atoms with Gasteiger partial charge in [0.1, 0.15) is 0 Å². The van der Waals surface area contributed by atoms with Gasteiger partial charge in [-0.25, -0.2) is 0 Å². The first-order valence-electron chi connectivity index (χ1n) is 5.39. The maximum absolute atomic E-state index is 5.19. The molecule has 0 radical (unpaired) electrons. The quantitative estimate of drug-likeness (QED) is 0.773. The largest absolute Gasteiger partial charge is 0.380 e. The zero-order valence-corrected chi connectivity index (χ0v) is 10.0. The Morgan fingerprint density at radius 3 is 2.80 bits per heavy atom. The predicted molar refractivity (Wildman–Crippen MR) is 60.7 cm³/mol. The second-order valence-electron chi connectivity index (χ2n) is 4.15. The van der Waals surface area contributed by atoms with Crippen molar-refractivity contribution in [1.29, 1.82) is 0 Å². The number of methoxy groups -OCH3 is 1. The minimum Gasteiger partial charge on any atom is -0.380 e. The minimum absolute atomic E-state index is 0.204. The summed E-state index contributed by atoms with van der Waals surface area (Å²) in [4.78, 5) is 0. The number of rotatable bonds is 6. The fourth-order valence-corrected chi connectivity index (χ4v) is 1.26. The maximum Gasteiger partial charge on any atom is 0.0739 e. The van der Waals surface area contributed by atoms with Gasteiger partial charge >= 0.3 is 0 Å². The van der Waals surface area contributed by atoms with Gasteiger partial charge in [-0.2, -0.15) is 5.10 Å². The summed E-state index contributed by atoms with van der Waals surface area (Å²) in [6.45, 7) is 7.99. The summed E-state index contributed by atoms with van der Waals surface area (Å²) in [5.74, 6) is 0. The highest BCUT2D eigenvalue weighted by atomic mass is 16.5. The van der Waals surface area contributed by atoms with Crippen molar-refractivity contribution in [3.05, 3.63) is 18.0 Å². The normalized spacial score (nSPS) is 13.4. The lowest BCUT2D eigenvalue weighted by molar-refractivity contribution is 0.0998. The van der Waals surface area contributed by atoms with Crippen LogP contribution >= 0.6 is 0 Å². The monoisotopic (exact) mass is 211 g/mol. The summed E-state index contributed by atoms with van der Waals surface area (Å²) < 4.78 is 7.11. The van der Waals surface area contributed by atoms with Gasteiger partial charge in [-0.1, -0.05) is 13.8 Å². The van der Waals surface area contributed by atoms with Crippen molar-refractivity contribution in [2.45, 2.75) is 46.0 Å². The molecule has 1 aromatic rings. The van der Waals surface area contributed by atoms with E-state index >= 15 is 0 Å². The van der Waals surface area contributed by atoms with Gasteiger partial charge in [0.15, 0.2) is 0 Å². The van der Waals surface area contributed by atoms with E-state index in [9.17, 15) is 0 Å². The van der Waals surface area contributed by atoms with Crippen molar-refractivity contribution >= 4 is 0 Å². The fourth-order valence-electron chi connectivity index (χ4n) is 1.26. The molecule has 1 aromatic heterocycles.